The van der Waals surface area contributed by atoms with Crippen molar-refractivity contribution < 1.29 is 9.90 Å². The van der Waals surface area contributed by atoms with Crippen LogP contribution < -0.4 is 11.1 Å². The lowest BCUT2D eigenvalue weighted by Gasteiger charge is -2.19. The fourth-order valence-electron chi connectivity index (χ4n) is 2.50. The van der Waals surface area contributed by atoms with Crippen LogP contribution in [-0.2, 0) is 4.79 Å². The first kappa shape index (κ1) is 17.7. The smallest absolute Gasteiger partial charge is 0.221 e. The minimum Gasteiger partial charge on any atom is -0.396 e. The van der Waals surface area contributed by atoms with Gasteiger partial charge in [-0.3, -0.25) is 4.79 Å². The zero-order valence-electron chi connectivity index (χ0n) is 13.1. The molecule has 2 atom stereocenters. The van der Waals surface area contributed by atoms with Gasteiger partial charge in [-0.1, -0.05) is 44.2 Å². The van der Waals surface area contributed by atoms with Crippen LogP contribution in [0.5, 0.6) is 0 Å². The van der Waals surface area contributed by atoms with Crippen molar-refractivity contribution >= 4 is 5.91 Å². The summed E-state index contributed by atoms with van der Waals surface area (Å²) in [7, 11) is 0. The van der Waals surface area contributed by atoms with Crippen LogP contribution in [0, 0.1) is 11.8 Å². The highest BCUT2D eigenvalue weighted by Crippen LogP contribution is 2.15. The van der Waals surface area contributed by atoms with Gasteiger partial charge in [0.1, 0.15) is 0 Å². The number of hydrogen-bond donors (Lipinski definition) is 3. The fraction of sp³-hybridized carbons (Fsp3) is 0.588. The first-order valence-corrected chi connectivity index (χ1v) is 7.71. The second-order valence-corrected chi connectivity index (χ2v) is 6.03. The summed E-state index contributed by atoms with van der Waals surface area (Å²) in [6.45, 7) is 5.07. The molecule has 4 nitrogen and oxygen atoms in total. The van der Waals surface area contributed by atoms with Gasteiger partial charge in [-0.2, -0.15) is 0 Å². The van der Waals surface area contributed by atoms with Gasteiger partial charge in [-0.25, -0.2) is 0 Å². The molecular formula is C17H28N2O2. The SMILES string of the molecule is CC(C)CC(CCO)CNC(=O)CC(N)c1ccccc1. The molecule has 0 saturated carbocycles. The van der Waals surface area contributed by atoms with Crippen molar-refractivity contribution in [3.05, 3.63) is 35.9 Å². The number of nitrogens with one attached hydrogen (secondary N) is 1. The highest BCUT2D eigenvalue weighted by Gasteiger charge is 2.14. The van der Waals surface area contributed by atoms with Gasteiger partial charge in [0.15, 0.2) is 0 Å². The predicted octanol–water partition coefficient (Wildman–Crippen LogP) is 2.24. The lowest BCUT2D eigenvalue weighted by Crippen LogP contribution is -2.32. The molecule has 0 spiro atoms. The van der Waals surface area contributed by atoms with Crippen molar-refractivity contribution in [1.29, 1.82) is 0 Å². The minimum absolute atomic E-state index is 0.0296. The Balaban J connectivity index is 2.38. The molecule has 4 heteroatoms. The average molecular weight is 292 g/mol. The summed E-state index contributed by atoms with van der Waals surface area (Å²) in [4.78, 5) is 12.0. The van der Waals surface area contributed by atoms with E-state index in [0.717, 1.165) is 18.4 Å². The standard InChI is InChI=1S/C17H28N2O2/c1-13(2)10-14(8-9-20)12-19-17(21)11-16(18)15-6-4-3-5-7-15/h3-7,13-14,16,20H,8-12,18H2,1-2H3,(H,19,21). The van der Waals surface area contributed by atoms with Crippen LogP contribution in [0.25, 0.3) is 0 Å². The molecule has 0 aliphatic rings. The zero-order valence-corrected chi connectivity index (χ0v) is 13.1. The van der Waals surface area contributed by atoms with Crippen LogP contribution >= 0.6 is 0 Å². The van der Waals surface area contributed by atoms with Crippen LogP contribution in [0.1, 0.15) is 44.7 Å². The number of rotatable bonds is 9. The summed E-state index contributed by atoms with van der Waals surface area (Å²) < 4.78 is 0. The molecule has 118 valence electrons. The third-order valence-corrected chi connectivity index (χ3v) is 3.56. The molecule has 0 fully saturated rings. The Hall–Kier alpha value is -1.39. The lowest BCUT2D eigenvalue weighted by atomic mass is 9.94. The fourth-order valence-corrected chi connectivity index (χ4v) is 2.50. The van der Waals surface area contributed by atoms with Crippen molar-refractivity contribution in [2.75, 3.05) is 13.2 Å². The number of nitrogens with two attached hydrogens (primary N) is 1. The van der Waals surface area contributed by atoms with E-state index in [1.165, 1.54) is 0 Å². The number of carbonyl (C=O) groups excluding carboxylic acids is 1. The van der Waals surface area contributed by atoms with Gasteiger partial charge in [0.05, 0.1) is 0 Å². The van der Waals surface area contributed by atoms with E-state index < -0.39 is 0 Å². The average Bonchev–Trinajstić information content (AvgIpc) is 2.45. The number of hydrogen-bond acceptors (Lipinski definition) is 3. The van der Waals surface area contributed by atoms with Gasteiger partial charge in [0.25, 0.3) is 0 Å². The molecule has 0 radical (unpaired) electrons. The molecule has 0 bridgehead atoms. The zero-order chi connectivity index (χ0) is 15.7. The minimum atomic E-state index is -0.271. The second-order valence-electron chi connectivity index (χ2n) is 6.03. The maximum Gasteiger partial charge on any atom is 0.221 e. The van der Waals surface area contributed by atoms with E-state index in [1.807, 2.05) is 30.3 Å². The molecule has 21 heavy (non-hydrogen) atoms. The molecule has 0 saturated heterocycles. The van der Waals surface area contributed by atoms with E-state index in [0.29, 0.717) is 18.4 Å². The molecule has 1 aromatic rings. The first-order chi connectivity index (χ1) is 10.0. The largest absolute Gasteiger partial charge is 0.396 e. The number of amides is 1. The Morgan fingerprint density at radius 2 is 1.95 bits per heavy atom. The maximum absolute atomic E-state index is 12.0. The van der Waals surface area contributed by atoms with E-state index >= 15 is 0 Å². The Kier molecular flexibility index (Phi) is 8.01. The molecule has 4 N–H and O–H groups in total. The molecular weight excluding hydrogens is 264 g/mol. The van der Waals surface area contributed by atoms with Crippen LogP contribution in [0.15, 0.2) is 30.3 Å². The molecule has 1 aromatic carbocycles. The Morgan fingerprint density at radius 3 is 2.52 bits per heavy atom. The molecule has 1 amide bonds. The Bertz CT molecular complexity index is 407. The van der Waals surface area contributed by atoms with E-state index in [1.54, 1.807) is 0 Å². The normalized spacial score (nSPS) is 14.0. The van der Waals surface area contributed by atoms with Gasteiger partial charge in [0, 0.05) is 25.6 Å². The van der Waals surface area contributed by atoms with Crippen molar-refractivity contribution in [2.45, 2.75) is 39.2 Å². The van der Waals surface area contributed by atoms with Crippen LogP contribution in [0.2, 0.25) is 0 Å². The summed E-state index contributed by atoms with van der Waals surface area (Å²) in [6, 6.07) is 9.38. The van der Waals surface area contributed by atoms with Gasteiger partial charge in [-0.15, -0.1) is 0 Å². The van der Waals surface area contributed by atoms with E-state index in [-0.39, 0.29) is 25.0 Å². The number of carbonyl (C=O) groups is 1. The molecule has 2 unspecified atom stereocenters. The Labute approximate surface area is 127 Å². The van der Waals surface area contributed by atoms with Crippen LogP contribution in [0.4, 0.5) is 0 Å². The molecule has 0 aliphatic carbocycles. The molecule has 0 aliphatic heterocycles. The van der Waals surface area contributed by atoms with Crippen molar-refractivity contribution in [3.63, 3.8) is 0 Å². The van der Waals surface area contributed by atoms with E-state index in [4.69, 9.17) is 10.8 Å². The summed E-state index contributed by atoms with van der Waals surface area (Å²) in [5.74, 6) is 0.856. The molecule has 0 aromatic heterocycles. The summed E-state index contributed by atoms with van der Waals surface area (Å²) in [6.07, 6.45) is 2.02. The Morgan fingerprint density at radius 1 is 1.29 bits per heavy atom. The molecule has 1 rings (SSSR count). The van der Waals surface area contributed by atoms with Crippen molar-refractivity contribution in [2.24, 2.45) is 17.6 Å². The monoisotopic (exact) mass is 292 g/mol. The van der Waals surface area contributed by atoms with E-state index in [9.17, 15) is 4.79 Å². The third-order valence-electron chi connectivity index (χ3n) is 3.56. The quantitative estimate of drug-likeness (QED) is 0.653. The third kappa shape index (κ3) is 7.25. The first-order valence-electron chi connectivity index (χ1n) is 7.71. The maximum atomic E-state index is 12.0. The van der Waals surface area contributed by atoms with Crippen LogP contribution in [0.3, 0.4) is 0 Å². The lowest BCUT2D eigenvalue weighted by molar-refractivity contribution is -0.121. The number of aliphatic hydroxyl groups excluding tert-OH is 1. The van der Waals surface area contributed by atoms with Crippen LogP contribution in [-0.4, -0.2) is 24.2 Å². The highest BCUT2D eigenvalue weighted by molar-refractivity contribution is 5.76. The van der Waals surface area contributed by atoms with Gasteiger partial charge in [-0.05, 0) is 30.2 Å². The predicted molar refractivity (Wildman–Crippen MR) is 85.6 cm³/mol. The molecule has 0 heterocycles. The van der Waals surface area contributed by atoms with Gasteiger partial charge in [0.2, 0.25) is 5.91 Å². The summed E-state index contributed by atoms with van der Waals surface area (Å²) in [5.41, 5.74) is 7.01. The summed E-state index contributed by atoms with van der Waals surface area (Å²) >= 11 is 0. The van der Waals surface area contributed by atoms with Crippen molar-refractivity contribution in [3.8, 4) is 0 Å². The van der Waals surface area contributed by atoms with Gasteiger partial charge >= 0.3 is 0 Å². The highest BCUT2D eigenvalue weighted by atomic mass is 16.3. The van der Waals surface area contributed by atoms with Gasteiger partial charge < -0.3 is 16.2 Å². The van der Waals surface area contributed by atoms with E-state index in [2.05, 4.69) is 19.2 Å². The van der Waals surface area contributed by atoms with Crippen molar-refractivity contribution in [1.82, 2.24) is 5.32 Å². The topological polar surface area (TPSA) is 75.3 Å². The number of benzene rings is 1. The summed E-state index contributed by atoms with van der Waals surface area (Å²) in [5, 5.41) is 12.0. The second kappa shape index (κ2) is 9.53. The number of aliphatic hydroxyl groups is 1.